The molecule has 3 aromatic rings. The summed E-state index contributed by atoms with van der Waals surface area (Å²) in [7, 11) is 3.95. The Morgan fingerprint density at radius 1 is 1.04 bits per heavy atom. The Bertz CT molecular complexity index is 926. The summed E-state index contributed by atoms with van der Waals surface area (Å²) in [5, 5.41) is 5.91. The Kier molecular flexibility index (Phi) is 6.16. The molecule has 6 nitrogen and oxygen atoms in total. The van der Waals surface area contributed by atoms with Crippen LogP contribution in [0.5, 0.6) is 0 Å². The fraction of sp³-hybridized carbons (Fsp3) is 0.190. The fourth-order valence-corrected chi connectivity index (χ4v) is 2.58. The highest BCUT2D eigenvalue weighted by molar-refractivity contribution is 5.92. The van der Waals surface area contributed by atoms with Crippen molar-refractivity contribution < 1.29 is 9.18 Å². The number of carbonyl (C=O) groups excluding carboxylic acids is 1. The van der Waals surface area contributed by atoms with E-state index in [1.807, 2.05) is 43.3 Å². The van der Waals surface area contributed by atoms with Gasteiger partial charge in [0.05, 0.1) is 0 Å². The molecular weight excluding hydrogens is 357 g/mol. The zero-order valence-electron chi connectivity index (χ0n) is 15.8. The molecule has 0 saturated carbocycles. The van der Waals surface area contributed by atoms with Crippen LogP contribution in [0.3, 0.4) is 0 Å². The van der Waals surface area contributed by atoms with E-state index in [9.17, 15) is 9.18 Å². The maximum Gasteiger partial charge on any atom is 0.270 e. The molecule has 3 rings (SSSR count). The molecule has 0 bridgehead atoms. The van der Waals surface area contributed by atoms with Gasteiger partial charge in [-0.3, -0.25) is 4.79 Å². The van der Waals surface area contributed by atoms with E-state index < -0.39 is 0 Å². The van der Waals surface area contributed by atoms with Crippen LogP contribution in [0.15, 0.2) is 60.8 Å². The van der Waals surface area contributed by atoms with Crippen molar-refractivity contribution in [1.29, 1.82) is 0 Å². The zero-order valence-corrected chi connectivity index (χ0v) is 15.8. The third-order valence-electron chi connectivity index (χ3n) is 4.14. The topological polar surface area (TPSA) is 70.2 Å². The number of hydrogen-bond acceptors (Lipinski definition) is 5. The van der Waals surface area contributed by atoms with Crippen molar-refractivity contribution in [2.45, 2.75) is 6.42 Å². The molecule has 0 aliphatic carbocycles. The first-order valence-corrected chi connectivity index (χ1v) is 8.91. The third-order valence-corrected chi connectivity index (χ3v) is 4.14. The molecule has 1 aromatic heterocycles. The Morgan fingerprint density at radius 3 is 2.43 bits per heavy atom. The van der Waals surface area contributed by atoms with Crippen LogP contribution in [0, 0.1) is 5.82 Å². The highest BCUT2D eigenvalue weighted by Crippen LogP contribution is 2.18. The van der Waals surface area contributed by atoms with Gasteiger partial charge in [-0.25, -0.2) is 14.4 Å². The van der Waals surface area contributed by atoms with Gasteiger partial charge >= 0.3 is 0 Å². The van der Waals surface area contributed by atoms with Gasteiger partial charge in [0.15, 0.2) is 0 Å². The van der Waals surface area contributed by atoms with Crippen molar-refractivity contribution in [3.05, 3.63) is 77.9 Å². The summed E-state index contributed by atoms with van der Waals surface area (Å²) >= 11 is 0. The molecule has 0 saturated heterocycles. The molecule has 1 amide bonds. The summed E-state index contributed by atoms with van der Waals surface area (Å²) in [6, 6.07) is 15.6. The standard InChI is InChI=1S/C21H22FN5O/c1-27(2)18-9-7-17(8-10-18)25-21-24-14-12-19(26-21)20(28)23-13-11-15-3-5-16(22)6-4-15/h3-10,12,14H,11,13H2,1-2H3,(H,23,28)(H,24,25,26). The molecule has 2 N–H and O–H groups in total. The van der Waals surface area contributed by atoms with E-state index in [2.05, 4.69) is 20.6 Å². The maximum absolute atomic E-state index is 12.9. The van der Waals surface area contributed by atoms with Gasteiger partial charge in [-0.2, -0.15) is 0 Å². The maximum atomic E-state index is 12.9. The first-order valence-electron chi connectivity index (χ1n) is 8.91. The van der Waals surface area contributed by atoms with Gasteiger partial charge in [-0.1, -0.05) is 12.1 Å². The summed E-state index contributed by atoms with van der Waals surface area (Å²) in [6.45, 7) is 0.434. The number of hydrogen-bond donors (Lipinski definition) is 2. The number of aromatic nitrogens is 2. The Hall–Kier alpha value is -3.48. The van der Waals surface area contributed by atoms with E-state index in [4.69, 9.17) is 0 Å². The van der Waals surface area contributed by atoms with Gasteiger partial charge in [0.2, 0.25) is 5.95 Å². The van der Waals surface area contributed by atoms with E-state index in [0.29, 0.717) is 18.9 Å². The Labute approximate surface area is 163 Å². The lowest BCUT2D eigenvalue weighted by Crippen LogP contribution is -2.26. The highest BCUT2D eigenvalue weighted by atomic mass is 19.1. The second-order valence-corrected chi connectivity index (χ2v) is 6.46. The number of rotatable bonds is 7. The summed E-state index contributed by atoms with van der Waals surface area (Å²) in [5.41, 5.74) is 3.15. The van der Waals surface area contributed by atoms with Crippen LogP contribution in [0.1, 0.15) is 16.1 Å². The molecule has 7 heteroatoms. The summed E-state index contributed by atoms with van der Waals surface area (Å²) in [5.74, 6) is -0.204. The predicted molar refractivity (Wildman–Crippen MR) is 109 cm³/mol. The minimum absolute atomic E-state index is 0.273. The van der Waals surface area contributed by atoms with Gasteiger partial charge < -0.3 is 15.5 Å². The molecular formula is C21H22FN5O. The van der Waals surface area contributed by atoms with Crippen molar-refractivity contribution >= 4 is 23.2 Å². The van der Waals surface area contributed by atoms with E-state index >= 15 is 0 Å². The Morgan fingerprint density at radius 2 is 1.75 bits per heavy atom. The van der Waals surface area contributed by atoms with Crippen LogP contribution in [-0.4, -0.2) is 36.5 Å². The summed E-state index contributed by atoms with van der Waals surface area (Å²) in [4.78, 5) is 22.8. The average molecular weight is 379 g/mol. The molecule has 1 heterocycles. The minimum Gasteiger partial charge on any atom is -0.378 e. The van der Waals surface area contributed by atoms with Crippen molar-refractivity contribution in [3.8, 4) is 0 Å². The monoisotopic (exact) mass is 379 g/mol. The van der Waals surface area contributed by atoms with Gasteiger partial charge in [-0.15, -0.1) is 0 Å². The van der Waals surface area contributed by atoms with Gasteiger partial charge in [0, 0.05) is 38.2 Å². The zero-order chi connectivity index (χ0) is 19.9. The second-order valence-electron chi connectivity index (χ2n) is 6.46. The quantitative estimate of drug-likeness (QED) is 0.658. The lowest BCUT2D eigenvalue weighted by Gasteiger charge is -2.13. The lowest BCUT2D eigenvalue weighted by molar-refractivity contribution is 0.0949. The second kappa shape index (κ2) is 8.94. The van der Waals surface area contributed by atoms with Gasteiger partial charge in [-0.05, 0) is 54.4 Å². The SMILES string of the molecule is CN(C)c1ccc(Nc2nccc(C(=O)NCCc3ccc(F)cc3)n2)cc1. The van der Waals surface area contributed by atoms with E-state index in [0.717, 1.165) is 16.9 Å². The van der Waals surface area contributed by atoms with E-state index in [1.54, 1.807) is 24.4 Å². The fourth-order valence-electron chi connectivity index (χ4n) is 2.58. The highest BCUT2D eigenvalue weighted by Gasteiger charge is 2.09. The normalized spacial score (nSPS) is 10.4. The minimum atomic E-state index is -0.282. The number of nitrogens with one attached hydrogen (secondary N) is 2. The summed E-state index contributed by atoms with van der Waals surface area (Å²) < 4.78 is 12.9. The molecule has 0 aliphatic heterocycles. The molecule has 0 aliphatic rings. The summed E-state index contributed by atoms with van der Waals surface area (Å²) in [6.07, 6.45) is 2.15. The van der Waals surface area contributed by atoms with Crippen LogP contribution < -0.4 is 15.5 Å². The average Bonchev–Trinajstić information content (AvgIpc) is 2.70. The number of benzene rings is 2. The molecule has 2 aromatic carbocycles. The van der Waals surface area contributed by atoms with Gasteiger partial charge in [0.1, 0.15) is 11.5 Å². The van der Waals surface area contributed by atoms with E-state index in [1.165, 1.54) is 12.1 Å². The smallest absolute Gasteiger partial charge is 0.270 e. The number of anilines is 3. The molecule has 28 heavy (non-hydrogen) atoms. The van der Waals surface area contributed by atoms with Crippen molar-refractivity contribution in [3.63, 3.8) is 0 Å². The predicted octanol–water partition coefficient (Wildman–Crippen LogP) is 3.40. The lowest BCUT2D eigenvalue weighted by atomic mass is 10.1. The first-order chi connectivity index (χ1) is 13.5. The number of amides is 1. The van der Waals surface area contributed by atoms with Crippen molar-refractivity contribution in [2.24, 2.45) is 0 Å². The molecule has 144 valence electrons. The number of carbonyl (C=O) groups is 1. The van der Waals surface area contributed by atoms with Gasteiger partial charge in [0.25, 0.3) is 5.91 Å². The van der Waals surface area contributed by atoms with Crippen LogP contribution in [-0.2, 0) is 6.42 Å². The largest absolute Gasteiger partial charge is 0.378 e. The van der Waals surface area contributed by atoms with Crippen molar-refractivity contribution in [1.82, 2.24) is 15.3 Å². The van der Waals surface area contributed by atoms with Crippen LogP contribution in [0.25, 0.3) is 0 Å². The molecule has 0 atom stereocenters. The molecule has 0 unspecified atom stereocenters. The molecule has 0 radical (unpaired) electrons. The Balaban J connectivity index is 1.57. The molecule has 0 fully saturated rings. The van der Waals surface area contributed by atoms with E-state index in [-0.39, 0.29) is 17.4 Å². The number of halogens is 1. The first kappa shape index (κ1) is 19.3. The van der Waals surface area contributed by atoms with Crippen LogP contribution >= 0.6 is 0 Å². The third kappa shape index (κ3) is 5.26. The van der Waals surface area contributed by atoms with Crippen LogP contribution in [0.4, 0.5) is 21.7 Å². The van der Waals surface area contributed by atoms with Crippen molar-refractivity contribution in [2.75, 3.05) is 30.9 Å². The molecule has 0 spiro atoms. The number of nitrogens with zero attached hydrogens (tertiary/aromatic N) is 3. The van der Waals surface area contributed by atoms with Crippen LogP contribution in [0.2, 0.25) is 0 Å².